The fourth-order valence-corrected chi connectivity index (χ4v) is 9.32. The van der Waals surface area contributed by atoms with Crippen LogP contribution in [0.15, 0.2) is 185 Å². The first-order chi connectivity index (χ1) is 28.7. The van der Waals surface area contributed by atoms with Crippen molar-refractivity contribution >= 4 is 65.4 Å². The largest absolute Gasteiger partial charge is 0.456 e. The van der Waals surface area contributed by atoms with Crippen molar-refractivity contribution in [1.82, 2.24) is 15.0 Å². The third-order valence-electron chi connectivity index (χ3n) is 11.9. The van der Waals surface area contributed by atoms with Crippen LogP contribution in [-0.4, -0.2) is 15.0 Å². The van der Waals surface area contributed by atoms with Gasteiger partial charge in [0.15, 0.2) is 17.5 Å². The number of furan rings is 2. The van der Waals surface area contributed by atoms with Crippen LogP contribution in [0.1, 0.15) is 0 Å². The van der Waals surface area contributed by atoms with Crippen molar-refractivity contribution in [3.8, 4) is 67.5 Å². The fourth-order valence-electron chi connectivity index (χ4n) is 9.32. The molecule has 12 aromatic rings. The Labute approximate surface area is 331 Å². The molecule has 0 bridgehead atoms. The zero-order chi connectivity index (χ0) is 37.9. The van der Waals surface area contributed by atoms with Gasteiger partial charge in [0.2, 0.25) is 0 Å². The van der Waals surface area contributed by atoms with Gasteiger partial charge in [0.25, 0.3) is 0 Å². The minimum atomic E-state index is 0.569. The lowest BCUT2D eigenvalue weighted by atomic mass is 9.93. The molecule has 1 aliphatic carbocycles. The van der Waals surface area contributed by atoms with Crippen molar-refractivity contribution < 1.29 is 8.83 Å². The van der Waals surface area contributed by atoms with Crippen LogP contribution in [0.2, 0.25) is 0 Å². The van der Waals surface area contributed by atoms with E-state index < -0.39 is 0 Å². The summed E-state index contributed by atoms with van der Waals surface area (Å²) >= 11 is 0. The highest BCUT2D eigenvalue weighted by atomic mass is 16.3. The number of aromatic nitrogens is 3. The summed E-state index contributed by atoms with van der Waals surface area (Å²) < 4.78 is 13.2. The third-order valence-corrected chi connectivity index (χ3v) is 11.9. The fraction of sp³-hybridized carbons (Fsp3) is 0. The first kappa shape index (κ1) is 31.3. The van der Waals surface area contributed by atoms with Crippen molar-refractivity contribution in [1.29, 1.82) is 0 Å². The van der Waals surface area contributed by atoms with Crippen molar-refractivity contribution in [3.63, 3.8) is 0 Å². The van der Waals surface area contributed by atoms with Crippen LogP contribution in [-0.2, 0) is 0 Å². The Bertz CT molecular complexity index is 3680. The van der Waals surface area contributed by atoms with Crippen molar-refractivity contribution in [3.05, 3.63) is 176 Å². The Kier molecular flexibility index (Phi) is 6.38. The zero-order valence-corrected chi connectivity index (χ0v) is 30.9. The first-order valence-corrected chi connectivity index (χ1v) is 19.5. The summed E-state index contributed by atoms with van der Waals surface area (Å²) in [5.41, 5.74) is 13.2. The predicted octanol–water partition coefficient (Wildman–Crippen LogP) is 14.3. The Hall–Kier alpha value is -7.89. The van der Waals surface area contributed by atoms with Crippen LogP contribution in [0.25, 0.3) is 133 Å². The molecule has 13 rings (SSSR count). The molecule has 3 heterocycles. The van der Waals surface area contributed by atoms with Crippen LogP contribution in [0, 0.1) is 0 Å². The molecule has 0 N–H and O–H groups in total. The molecular formula is C53H29N3O2. The molecule has 0 fully saturated rings. The molecule has 0 atom stereocenters. The van der Waals surface area contributed by atoms with E-state index in [0.717, 1.165) is 82.5 Å². The highest BCUT2D eigenvalue weighted by Crippen LogP contribution is 2.50. The van der Waals surface area contributed by atoms with E-state index in [9.17, 15) is 0 Å². The lowest BCUT2D eigenvalue weighted by Crippen LogP contribution is -2.00. The zero-order valence-electron chi connectivity index (χ0n) is 30.9. The molecule has 0 radical (unpaired) electrons. The van der Waals surface area contributed by atoms with E-state index in [1.807, 2.05) is 42.5 Å². The van der Waals surface area contributed by atoms with Gasteiger partial charge in [0, 0.05) is 43.8 Å². The second kappa shape index (κ2) is 11.8. The maximum Gasteiger partial charge on any atom is 0.164 e. The van der Waals surface area contributed by atoms with Crippen LogP contribution in [0.5, 0.6) is 0 Å². The molecule has 0 aliphatic heterocycles. The second-order valence-electron chi connectivity index (χ2n) is 15.0. The van der Waals surface area contributed by atoms with Gasteiger partial charge in [-0.2, -0.15) is 0 Å². The number of nitrogens with zero attached hydrogens (tertiary/aromatic N) is 3. The monoisotopic (exact) mass is 739 g/mol. The Morgan fingerprint density at radius 2 is 0.828 bits per heavy atom. The van der Waals surface area contributed by atoms with E-state index in [1.165, 1.54) is 33.0 Å². The minimum absolute atomic E-state index is 0.569. The summed E-state index contributed by atoms with van der Waals surface area (Å²) in [4.78, 5) is 15.8. The molecule has 1 aliphatic rings. The highest BCUT2D eigenvalue weighted by molar-refractivity contribution is 6.21. The van der Waals surface area contributed by atoms with Gasteiger partial charge in [-0.15, -0.1) is 0 Å². The van der Waals surface area contributed by atoms with E-state index in [2.05, 4.69) is 133 Å². The van der Waals surface area contributed by atoms with Gasteiger partial charge >= 0.3 is 0 Å². The normalized spacial score (nSPS) is 12.1. The Morgan fingerprint density at radius 3 is 1.64 bits per heavy atom. The maximum atomic E-state index is 6.88. The molecule has 0 saturated carbocycles. The minimum Gasteiger partial charge on any atom is -0.456 e. The van der Waals surface area contributed by atoms with Crippen LogP contribution < -0.4 is 0 Å². The van der Waals surface area contributed by atoms with Gasteiger partial charge in [-0.1, -0.05) is 152 Å². The number of benzene rings is 9. The lowest BCUT2D eigenvalue weighted by molar-refractivity contribution is 0.669. The summed E-state index contributed by atoms with van der Waals surface area (Å²) in [6.45, 7) is 0. The maximum absolute atomic E-state index is 6.88. The molecule has 3 aromatic heterocycles. The molecule has 0 saturated heterocycles. The summed E-state index contributed by atoms with van der Waals surface area (Å²) in [7, 11) is 0. The molecule has 268 valence electrons. The Morgan fingerprint density at radius 1 is 0.293 bits per heavy atom. The number of hydrogen-bond donors (Lipinski definition) is 0. The van der Waals surface area contributed by atoms with Gasteiger partial charge in [-0.3, -0.25) is 0 Å². The number of rotatable bonds is 4. The van der Waals surface area contributed by atoms with Crippen LogP contribution >= 0.6 is 0 Å². The van der Waals surface area contributed by atoms with E-state index in [1.54, 1.807) is 0 Å². The number of hydrogen-bond acceptors (Lipinski definition) is 5. The molecular weight excluding hydrogens is 711 g/mol. The summed E-state index contributed by atoms with van der Waals surface area (Å²) in [6, 6.07) is 61.4. The van der Waals surface area contributed by atoms with Gasteiger partial charge in [-0.05, 0) is 73.6 Å². The van der Waals surface area contributed by atoms with E-state index in [-0.39, 0.29) is 0 Å². The summed E-state index contributed by atoms with van der Waals surface area (Å²) in [5, 5.41) is 8.74. The van der Waals surface area contributed by atoms with Crippen molar-refractivity contribution in [2.24, 2.45) is 0 Å². The molecule has 5 nitrogen and oxygen atoms in total. The Balaban J connectivity index is 1.05. The topological polar surface area (TPSA) is 65.0 Å². The smallest absolute Gasteiger partial charge is 0.164 e. The molecule has 0 amide bonds. The average Bonchev–Trinajstić information content (AvgIpc) is 3.97. The molecule has 0 unspecified atom stereocenters. The van der Waals surface area contributed by atoms with Gasteiger partial charge in [-0.25, -0.2) is 15.0 Å². The molecule has 58 heavy (non-hydrogen) atoms. The van der Waals surface area contributed by atoms with Crippen LogP contribution in [0.3, 0.4) is 0 Å². The highest BCUT2D eigenvalue weighted by Gasteiger charge is 2.25. The predicted molar refractivity (Wildman–Crippen MR) is 236 cm³/mol. The molecule has 9 aromatic carbocycles. The van der Waals surface area contributed by atoms with E-state index in [0.29, 0.717) is 17.5 Å². The number of fused-ring (bicyclic) bond motifs is 10. The summed E-state index contributed by atoms with van der Waals surface area (Å²) in [6.07, 6.45) is 0. The van der Waals surface area contributed by atoms with E-state index >= 15 is 0 Å². The van der Waals surface area contributed by atoms with Crippen LogP contribution in [0.4, 0.5) is 0 Å². The second-order valence-corrected chi connectivity index (χ2v) is 15.0. The quantitative estimate of drug-likeness (QED) is 0.180. The van der Waals surface area contributed by atoms with E-state index in [4.69, 9.17) is 23.8 Å². The van der Waals surface area contributed by atoms with Crippen molar-refractivity contribution in [2.45, 2.75) is 0 Å². The summed E-state index contributed by atoms with van der Waals surface area (Å²) in [5.74, 6) is 1.74. The average molecular weight is 740 g/mol. The SMILES string of the molecule is c1ccc2c(c1)-c1cccc3c(-c4cccc5c4oc4cccc(-c6nc(-c7ccc8ccccc8c7)nc(-c7cccc8oc9ccccc9c78)n6)c45)ccc-2c13. The molecule has 5 heteroatoms. The van der Waals surface area contributed by atoms with Crippen molar-refractivity contribution in [2.75, 3.05) is 0 Å². The first-order valence-electron chi connectivity index (χ1n) is 19.5. The molecule has 0 spiro atoms. The van der Waals surface area contributed by atoms with Gasteiger partial charge in [0.05, 0.1) is 0 Å². The van der Waals surface area contributed by atoms with Gasteiger partial charge in [0.1, 0.15) is 22.3 Å². The lowest BCUT2D eigenvalue weighted by Gasteiger charge is -2.11. The third kappa shape index (κ3) is 4.44. The standard InChI is InChI=1S/C53H29N3O2/c1-2-12-31-29-32(26-25-30(31)11-1)51-54-52(42-20-9-23-45-48(42)40-15-5-6-22-44(40)57-45)56-53(55-51)43-21-10-24-46-49(43)41-19-8-18-39(50(41)58-46)35-27-28-38-34-14-4-3-13-33(34)36-16-7-17-37(35)47(36)38/h1-29H. The number of para-hydroxylation sites is 2. The van der Waals surface area contributed by atoms with Gasteiger partial charge < -0.3 is 8.83 Å².